The van der Waals surface area contributed by atoms with E-state index >= 15 is 0 Å². The first-order valence-corrected chi connectivity index (χ1v) is 10.6. The first-order chi connectivity index (χ1) is 15.6. The summed E-state index contributed by atoms with van der Waals surface area (Å²) in [5.41, 5.74) is 4.45. The number of rotatable bonds is 3. The van der Waals surface area contributed by atoms with E-state index in [0.29, 0.717) is 42.6 Å². The number of furan rings is 1. The van der Waals surface area contributed by atoms with Gasteiger partial charge >= 0.3 is 0 Å². The van der Waals surface area contributed by atoms with Crippen molar-refractivity contribution in [2.45, 2.75) is 32.8 Å². The number of carbonyl (C=O) groups excluding carboxylic acids is 1. The lowest BCUT2D eigenvalue weighted by atomic mass is 10.1. The van der Waals surface area contributed by atoms with E-state index in [1.165, 1.54) is 0 Å². The third-order valence-corrected chi connectivity index (χ3v) is 5.83. The molecule has 2 N–H and O–H groups in total. The molecule has 2 aliphatic heterocycles. The van der Waals surface area contributed by atoms with Gasteiger partial charge in [-0.05, 0) is 36.7 Å². The third kappa shape index (κ3) is 3.12. The molecule has 3 aromatic heterocycles. The molecule has 9 nitrogen and oxygen atoms in total. The monoisotopic (exact) mass is 451 g/mol. The zero-order valence-electron chi connectivity index (χ0n) is 17.1. The normalized spacial score (nSPS) is 17.6. The number of hydrogen-bond acceptors (Lipinski definition) is 8. The molecule has 10 heteroatoms. The van der Waals surface area contributed by atoms with Crippen molar-refractivity contribution in [1.29, 1.82) is 0 Å². The van der Waals surface area contributed by atoms with Gasteiger partial charge in [0.25, 0.3) is 5.91 Å². The maximum Gasteiger partial charge on any atom is 0.289 e. The molecule has 0 aliphatic carbocycles. The van der Waals surface area contributed by atoms with Gasteiger partial charge in [-0.15, -0.1) is 0 Å². The van der Waals surface area contributed by atoms with E-state index in [4.69, 9.17) is 25.5 Å². The number of nitrogens with zero attached hydrogens (tertiary/aromatic N) is 3. The summed E-state index contributed by atoms with van der Waals surface area (Å²) in [7, 11) is 0. The molecular formula is C22H18ClN5O4. The highest BCUT2D eigenvalue weighted by Crippen LogP contribution is 2.37. The number of nitrogens with one attached hydrogen (secondary N) is 2. The van der Waals surface area contributed by atoms with Crippen molar-refractivity contribution in [2.24, 2.45) is 0 Å². The fourth-order valence-electron chi connectivity index (χ4n) is 4.13. The topological polar surface area (TPSA) is 111 Å². The summed E-state index contributed by atoms with van der Waals surface area (Å²) in [6.45, 7) is 3.62. The quantitative estimate of drug-likeness (QED) is 0.455. The van der Waals surface area contributed by atoms with Crippen LogP contribution in [0, 0.1) is 0 Å². The van der Waals surface area contributed by atoms with Gasteiger partial charge in [0.1, 0.15) is 12.2 Å². The average molecular weight is 452 g/mol. The molecule has 0 spiro atoms. The predicted molar refractivity (Wildman–Crippen MR) is 117 cm³/mol. The SMILES string of the molecule is C[C@@H]1CNc2c(oc3ccc4nc(OCc5nc(Cl)nc6c5COC6)ccc4c23)C(=O)N1. The largest absolute Gasteiger partial charge is 0.471 e. The fraction of sp³-hybridized carbons (Fsp3) is 0.273. The predicted octanol–water partition coefficient (Wildman–Crippen LogP) is 3.58. The van der Waals surface area contributed by atoms with Crippen molar-refractivity contribution in [2.75, 3.05) is 11.9 Å². The zero-order chi connectivity index (χ0) is 21.8. The number of ether oxygens (including phenoxy) is 2. The molecule has 0 unspecified atom stereocenters. The van der Waals surface area contributed by atoms with Crippen molar-refractivity contribution in [3.8, 4) is 5.88 Å². The zero-order valence-corrected chi connectivity index (χ0v) is 17.8. The van der Waals surface area contributed by atoms with Gasteiger partial charge in [0.2, 0.25) is 16.9 Å². The smallest absolute Gasteiger partial charge is 0.289 e. The minimum atomic E-state index is -0.227. The number of carbonyl (C=O) groups is 1. The summed E-state index contributed by atoms with van der Waals surface area (Å²) in [4.78, 5) is 25.6. The summed E-state index contributed by atoms with van der Waals surface area (Å²) in [5.74, 6) is 0.511. The number of fused-ring (bicyclic) bond motifs is 6. The van der Waals surface area contributed by atoms with E-state index in [1.807, 2.05) is 25.1 Å². The van der Waals surface area contributed by atoms with E-state index in [1.54, 1.807) is 6.07 Å². The molecular weight excluding hydrogens is 434 g/mol. The highest BCUT2D eigenvalue weighted by Gasteiger charge is 2.26. The summed E-state index contributed by atoms with van der Waals surface area (Å²) in [6, 6.07) is 7.37. The Bertz CT molecular complexity index is 1400. The summed E-state index contributed by atoms with van der Waals surface area (Å²) in [5, 5.41) is 8.12. The Labute approximate surface area is 187 Å². The molecule has 1 atom stereocenters. The Morgan fingerprint density at radius 2 is 2.09 bits per heavy atom. The van der Waals surface area contributed by atoms with Gasteiger partial charge in [-0.3, -0.25) is 4.79 Å². The lowest BCUT2D eigenvalue weighted by Crippen LogP contribution is -2.34. The van der Waals surface area contributed by atoms with Crippen LogP contribution in [0.3, 0.4) is 0 Å². The second-order valence-corrected chi connectivity index (χ2v) is 8.20. The lowest BCUT2D eigenvalue weighted by molar-refractivity contribution is 0.0920. The van der Waals surface area contributed by atoms with Gasteiger partial charge in [0.15, 0.2) is 0 Å². The third-order valence-electron chi connectivity index (χ3n) is 5.66. The van der Waals surface area contributed by atoms with Crippen LogP contribution in [0.2, 0.25) is 5.28 Å². The number of pyridine rings is 1. The van der Waals surface area contributed by atoms with Crippen LogP contribution in [0.15, 0.2) is 28.7 Å². The van der Waals surface area contributed by atoms with Gasteiger partial charge < -0.3 is 24.5 Å². The minimum Gasteiger partial charge on any atom is -0.471 e. The first kappa shape index (κ1) is 19.3. The molecule has 1 amide bonds. The van der Waals surface area contributed by atoms with E-state index in [0.717, 1.165) is 27.5 Å². The Kier molecular flexibility index (Phi) is 4.41. The molecule has 162 valence electrons. The highest BCUT2D eigenvalue weighted by atomic mass is 35.5. The van der Waals surface area contributed by atoms with E-state index in [9.17, 15) is 4.79 Å². The van der Waals surface area contributed by atoms with E-state index in [2.05, 4.69) is 25.6 Å². The number of aromatic nitrogens is 3. The second kappa shape index (κ2) is 7.32. The summed E-state index contributed by atoms with van der Waals surface area (Å²) in [6.07, 6.45) is 0. The average Bonchev–Trinajstić information content (AvgIpc) is 3.37. The van der Waals surface area contributed by atoms with Crippen molar-refractivity contribution < 1.29 is 18.7 Å². The number of benzene rings is 1. The maximum absolute atomic E-state index is 12.5. The molecule has 32 heavy (non-hydrogen) atoms. The van der Waals surface area contributed by atoms with Crippen molar-refractivity contribution >= 4 is 45.1 Å². The lowest BCUT2D eigenvalue weighted by Gasteiger charge is -2.10. The number of amides is 1. The van der Waals surface area contributed by atoms with Crippen LogP contribution < -0.4 is 15.4 Å². The molecule has 4 aromatic rings. The molecule has 5 heterocycles. The van der Waals surface area contributed by atoms with Gasteiger partial charge in [0, 0.05) is 29.6 Å². The van der Waals surface area contributed by atoms with Crippen LogP contribution >= 0.6 is 11.6 Å². The maximum atomic E-state index is 12.5. The van der Waals surface area contributed by atoms with Crippen LogP contribution in [0.1, 0.15) is 34.4 Å². The minimum absolute atomic E-state index is 0.00426. The number of hydrogen-bond donors (Lipinski definition) is 2. The first-order valence-electron chi connectivity index (χ1n) is 10.2. The molecule has 6 rings (SSSR count). The molecule has 0 radical (unpaired) electrons. The number of anilines is 1. The van der Waals surface area contributed by atoms with Crippen molar-refractivity contribution in [3.63, 3.8) is 0 Å². The molecule has 0 saturated carbocycles. The van der Waals surface area contributed by atoms with E-state index in [-0.39, 0.29) is 29.6 Å². The van der Waals surface area contributed by atoms with Crippen LogP contribution in [0.25, 0.3) is 21.9 Å². The highest BCUT2D eigenvalue weighted by molar-refractivity contribution is 6.28. The van der Waals surface area contributed by atoms with Gasteiger partial charge in [-0.1, -0.05) is 0 Å². The molecule has 0 saturated heterocycles. The fourth-order valence-corrected chi connectivity index (χ4v) is 4.34. The summed E-state index contributed by atoms with van der Waals surface area (Å²) < 4.78 is 17.2. The molecule has 0 fully saturated rings. The molecule has 1 aromatic carbocycles. The van der Waals surface area contributed by atoms with E-state index < -0.39 is 0 Å². The Balaban J connectivity index is 1.35. The van der Waals surface area contributed by atoms with Crippen LogP contribution in [-0.4, -0.2) is 33.4 Å². The Morgan fingerprint density at radius 1 is 1.19 bits per heavy atom. The van der Waals surface area contributed by atoms with Crippen LogP contribution in [-0.2, 0) is 24.6 Å². The van der Waals surface area contributed by atoms with Gasteiger partial charge in [0.05, 0.1) is 41.2 Å². The Hall–Kier alpha value is -3.43. The summed E-state index contributed by atoms with van der Waals surface area (Å²) >= 11 is 6.03. The van der Waals surface area contributed by atoms with Crippen LogP contribution in [0.4, 0.5) is 5.69 Å². The van der Waals surface area contributed by atoms with Gasteiger partial charge in [-0.2, -0.15) is 0 Å². The van der Waals surface area contributed by atoms with Crippen LogP contribution in [0.5, 0.6) is 5.88 Å². The second-order valence-electron chi connectivity index (χ2n) is 7.86. The molecule has 0 bridgehead atoms. The Morgan fingerprint density at radius 3 is 3.00 bits per heavy atom. The molecule has 2 aliphatic rings. The number of halogens is 1. The standard InChI is InChI=1S/C22H18ClN5O4/c1-10-6-24-19-18-11-2-5-17(26-13(11)3-4-16(18)32-20(19)21(29)25-10)31-9-15-12-7-30-8-14(12)27-22(23)28-15/h2-5,10,24H,6-9H2,1H3,(H,25,29)/t10-/m1/s1. The van der Waals surface area contributed by atoms with Gasteiger partial charge in [-0.25, -0.2) is 15.0 Å². The van der Waals surface area contributed by atoms with Crippen molar-refractivity contribution in [3.05, 3.63) is 52.3 Å². The van der Waals surface area contributed by atoms with Crippen molar-refractivity contribution in [1.82, 2.24) is 20.3 Å².